The lowest BCUT2D eigenvalue weighted by molar-refractivity contribution is 0.325. The summed E-state index contributed by atoms with van der Waals surface area (Å²) in [5.74, 6) is 0. The molecule has 0 bridgehead atoms. The van der Waals surface area contributed by atoms with Gasteiger partial charge in [0.05, 0.1) is 6.04 Å². The Bertz CT molecular complexity index is 247. The maximum atomic E-state index is 4.36. The molecular formula is C14H28N2. The van der Waals surface area contributed by atoms with E-state index in [4.69, 9.17) is 0 Å². The van der Waals surface area contributed by atoms with E-state index in [-0.39, 0.29) is 0 Å². The van der Waals surface area contributed by atoms with Gasteiger partial charge in [-0.05, 0) is 25.8 Å². The zero-order valence-corrected chi connectivity index (χ0v) is 11.7. The van der Waals surface area contributed by atoms with Crippen molar-refractivity contribution in [1.29, 1.82) is 0 Å². The third-order valence-electron chi connectivity index (χ3n) is 2.79. The summed E-state index contributed by atoms with van der Waals surface area (Å²) in [4.78, 5) is 0. The molecule has 0 unspecified atom stereocenters. The molecule has 2 nitrogen and oxygen atoms in total. The van der Waals surface area contributed by atoms with Crippen molar-refractivity contribution in [1.82, 2.24) is 9.78 Å². The molecule has 2 heteroatoms. The van der Waals surface area contributed by atoms with E-state index in [1.54, 1.807) is 0 Å². The Balaban J connectivity index is 0.000000509. The van der Waals surface area contributed by atoms with Crippen molar-refractivity contribution in [3.63, 3.8) is 0 Å². The van der Waals surface area contributed by atoms with E-state index in [1.165, 1.54) is 37.8 Å². The summed E-state index contributed by atoms with van der Waals surface area (Å²) in [7, 11) is 0. The highest BCUT2D eigenvalue weighted by Gasteiger charge is 2.16. The Morgan fingerprint density at radius 2 is 1.62 bits per heavy atom. The van der Waals surface area contributed by atoms with Gasteiger partial charge in [-0.2, -0.15) is 5.10 Å². The normalized spacial score (nSPS) is 15.6. The standard InChI is InChI=1S/C10H16N2.2C2H6/c1-9-7-8-11-12(9)10-5-3-2-4-6-10;2*1-2/h7-8,10H,2-6H2,1H3;2*1-2H3. The minimum atomic E-state index is 0.689. The second-order valence-electron chi connectivity index (χ2n) is 3.71. The molecule has 0 spiro atoms. The lowest BCUT2D eigenvalue weighted by Crippen LogP contribution is -2.15. The quantitative estimate of drug-likeness (QED) is 0.673. The monoisotopic (exact) mass is 224 g/mol. The number of rotatable bonds is 1. The van der Waals surface area contributed by atoms with E-state index in [1.807, 2.05) is 33.9 Å². The average Bonchev–Trinajstić information content (AvgIpc) is 2.82. The van der Waals surface area contributed by atoms with Crippen molar-refractivity contribution in [2.24, 2.45) is 0 Å². The zero-order chi connectivity index (χ0) is 12.4. The molecule has 16 heavy (non-hydrogen) atoms. The Morgan fingerprint density at radius 1 is 1.06 bits per heavy atom. The summed E-state index contributed by atoms with van der Waals surface area (Å²) in [6, 6.07) is 2.78. The van der Waals surface area contributed by atoms with Crippen LogP contribution in [0.15, 0.2) is 12.3 Å². The fourth-order valence-corrected chi connectivity index (χ4v) is 2.09. The summed E-state index contributed by atoms with van der Waals surface area (Å²) in [5.41, 5.74) is 1.31. The van der Waals surface area contributed by atoms with Crippen LogP contribution in [-0.4, -0.2) is 9.78 Å². The average molecular weight is 224 g/mol. The molecule has 1 fully saturated rings. The number of nitrogens with zero attached hydrogens (tertiary/aromatic N) is 2. The molecular weight excluding hydrogens is 196 g/mol. The van der Waals surface area contributed by atoms with Crippen molar-refractivity contribution in [3.8, 4) is 0 Å². The second-order valence-corrected chi connectivity index (χ2v) is 3.71. The Morgan fingerprint density at radius 3 is 2.06 bits per heavy atom. The van der Waals surface area contributed by atoms with E-state index >= 15 is 0 Å². The van der Waals surface area contributed by atoms with Crippen LogP contribution in [0.5, 0.6) is 0 Å². The highest BCUT2D eigenvalue weighted by atomic mass is 15.3. The van der Waals surface area contributed by atoms with Crippen LogP contribution in [0.25, 0.3) is 0 Å². The molecule has 1 saturated carbocycles. The number of aromatic nitrogens is 2. The van der Waals surface area contributed by atoms with Gasteiger partial charge >= 0.3 is 0 Å². The third-order valence-corrected chi connectivity index (χ3v) is 2.79. The lowest BCUT2D eigenvalue weighted by atomic mass is 9.95. The molecule has 0 aliphatic heterocycles. The third kappa shape index (κ3) is 4.38. The van der Waals surface area contributed by atoms with Gasteiger partial charge in [-0.15, -0.1) is 0 Å². The fourth-order valence-electron chi connectivity index (χ4n) is 2.09. The fraction of sp³-hybridized carbons (Fsp3) is 0.786. The predicted octanol–water partition coefficient (Wildman–Crippen LogP) is 4.75. The van der Waals surface area contributed by atoms with Crippen LogP contribution in [-0.2, 0) is 0 Å². The first kappa shape index (κ1) is 15.2. The van der Waals surface area contributed by atoms with Gasteiger partial charge in [0.25, 0.3) is 0 Å². The van der Waals surface area contributed by atoms with Crippen LogP contribution < -0.4 is 0 Å². The van der Waals surface area contributed by atoms with Gasteiger partial charge in [-0.25, -0.2) is 0 Å². The van der Waals surface area contributed by atoms with E-state index in [0.717, 1.165) is 0 Å². The topological polar surface area (TPSA) is 17.8 Å². The molecule has 0 amide bonds. The Labute approximate surface area is 101 Å². The molecule has 1 aliphatic rings. The minimum absolute atomic E-state index is 0.689. The van der Waals surface area contributed by atoms with Gasteiger partial charge in [-0.1, -0.05) is 47.0 Å². The SMILES string of the molecule is CC.CC.Cc1ccnn1C1CCCCC1. The highest BCUT2D eigenvalue weighted by Crippen LogP contribution is 2.27. The van der Waals surface area contributed by atoms with Crippen molar-refractivity contribution in [3.05, 3.63) is 18.0 Å². The van der Waals surface area contributed by atoms with Crippen LogP contribution >= 0.6 is 0 Å². The first-order valence-electron chi connectivity index (χ1n) is 6.88. The van der Waals surface area contributed by atoms with Gasteiger partial charge in [0.1, 0.15) is 0 Å². The van der Waals surface area contributed by atoms with Gasteiger partial charge in [0.15, 0.2) is 0 Å². The van der Waals surface area contributed by atoms with E-state index in [2.05, 4.69) is 22.8 Å². The molecule has 2 rings (SSSR count). The molecule has 0 saturated heterocycles. The van der Waals surface area contributed by atoms with Crippen molar-refractivity contribution < 1.29 is 0 Å². The molecule has 1 heterocycles. The Kier molecular flexibility index (Phi) is 8.97. The van der Waals surface area contributed by atoms with Crippen molar-refractivity contribution in [2.45, 2.75) is 72.8 Å². The molecule has 94 valence electrons. The number of hydrogen-bond acceptors (Lipinski definition) is 1. The number of hydrogen-bond donors (Lipinski definition) is 0. The van der Waals surface area contributed by atoms with Gasteiger partial charge in [0.2, 0.25) is 0 Å². The highest BCUT2D eigenvalue weighted by molar-refractivity contribution is 4.98. The van der Waals surface area contributed by atoms with E-state index < -0.39 is 0 Å². The van der Waals surface area contributed by atoms with E-state index in [9.17, 15) is 0 Å². The van der Waals surface area contributed by atoms with Crippen molar-refractivity contribution in [2.75, 3.05) is 0 Å². The van der Waals surface area contributed by atoms with Crippen molar-refractivity contribution >= 4 is 0 Å². The first-order chi connectivity index (χ1) is 7.88. The van der Waals surface area contributed by atoms with Crippen LogP contribution in [0.3, 0.4) is 0 Å². The lowest BCUT2D eigenvalue weighted by Gasteiger charge is -2.23. The molecule has 0 N–H and O–H groups in total. The molecule has 1 aromatic heterocycles. The van der Waals surface area contributed by atoms with Crippen LogP contribution in [0.4, 0.5) is 0 Å². The first-order valence-corrected chi connectivity index (χ1v) is 6.88. The second kappa shape index (κ2) is 9.44. The summed E-state index contributed by atoms with van der Waals surface area (Å²) in [5, 5.41) is 4.36. The summed E-state index contributed by atoms with van der Waals surface area (Å²) < 4.78 is 2.19. The number of aryl methyl sites for hydroxylation is 1. The predicted molar refractivity (Wildman–Crippen MR) is 71.8 cm³/mol. The van der Waals surface area contributed by atoms with Gasteiger partial charge in [-0.3, -0.25) is 4.68 Å². The largest absolute Gasteiger partial charge is 0.267 e. The molecule has 1 aliphatic carbocycles. The smallest absolute Gasteiger partial charge is 0.0522 e. The van der Waals surface area contributed by atoms with E-state index in [0.29, 0.717) is 6.04 Å². The summed E-state index contributed by atoms with van der Waals surface area (Å²) >= 11 is 0. The van der Waals surface area contributed by atoms with Crippen LogP contribution in [0.2, 0.25) is 0 Å². The Hall–Kier alpha value is -0.790. The summed E-state index contributed by atoms with van der Waals surface area (Å²) in [6.45, 7) is 10.1. The maximum Gasteiger partial charge on any atom is 0.0522 e. The van der Waals surface area contributed by atoms with Gasteiger partial charge in [0, 0.05) is 11.9 Å². The molecule has 0 aromatic carbocycles. The maximum absolute atomic E-state index is 4.36. The minimum Gasteiger partial charge on any atom is -0.267 e. The van der Waals surface area contributed by atoms with Crippen LogP contribution in [0, 0.1) is 6.92 Å². The summed E-state index contributed by atoms with van der Waals surface area (Å²) in [6.07, 6.45) is 8.72. The molecule has 0 atom stereocenters. The molecule has 1 aromatic rings. The zero-order valence-electron chi connectivity index (χ0n) is 11.7. The van der Waals surface area contributed by atoms with Crippen LogP contribution in [0.1, 0.15) is 71.5 Å². The van der Waals surface area contributed by atoms with Gasteiger partial charge < -0.3 is 0 Å². The molecule has 0 radical (unpaired) electrons.